The molecule has 4 N–H and O–H groups in total. The number of hydrogen-bond acceptors (Lipinski definition) is 12. The fourth-order valence-electron chi connectivity index (χ4n) is 9.14. The highest BCUT2D eigenvalue weighted by Crippen LogP contribution is 2.47. The van der Waals surface area contributed by atoms with Crippen molar-refractivity contribution < 1.29 is 57.8 Å². The summed E-state index contributed by atoms with van der Waals surface area (Å²) in [6, 6.07) is 11.6. The number of H-pyrrole nitrogens is 2. The van der Waals surface area contributed by atoms with E-state index in [1.807, 2.05) is 0 Å². The Kier molecular flexibility index (Phi) is 11.1. The lowest BCUT2D eigenvalue weighted by Gasteiger charge is -2.22. The summed E-state index contributed by atoms with van der Waals surface area (Å²) in [7, 11) is 8.95. The highest BCUT2D eigenvalue weighted by molar-refractivity contribution is 6.10. The third kappa shape index (κ3) is 7.06. The molecular weight excluding hydrogens is 853 g/mol. The van der Waals surface area contributed by atoms with Crippen LogP contribution in [0.15, 0.2) is 48.5 Å². The van der Waals surface area contributed by atoms with E-state index in [1.165, 1.54) is 52.5 Å². The lowest BCUT2D eigenvalue weighted by molar-refractivity contribution is -0.139. The minimum atomic E-state index is -1.19. The highest BCUT2D eigenvalue weighted by atomic mass is 16.5. The van der Waals surface area contributed by atoms with Gasteiger partial charge in [-0.05, 0) is 96.8 Å². The second-order valence-corrected chi connectivity index (χ2v) is 15.6. The molecule has 18 nitrogen and oxygen atoms in total. The molecule has 0 aliphatic carbocycles. The van der Waals surface area contributed by atoms with Gasteiger partial charge in [-0.1, -0.05) is 0 Å². The van der Waals surface area contributed by atoms with Crippen molar-refractivity contribution in [1.82, 2.24) is 19.9 Å². The van der Waals surface area contributed by atoms with E-state index in [1.54, 1.807) is 72.8 Å². The maximum Gasteiger partial charge on any atom is 0.326 e. The number of carboxylic acid groups (broad SMARTS) is 2. The van der Waals surface area contributed by atoms with Gasteiger partial charge in [0.2, 0.25) is 23.3 Å². The molecule has 0 radical (unpaired) electrons. The number of carbonyl (C=O) groups is 4. The van der Waals surface area contributed by atoms with E-state index in [-0.39, 0.29) is 48.4 Å². The molecule has 338 valence electrons. The monoisotopic (exact) mass is 896 g/mol. The standard InChI is InChI=1S/C48H44N6O12/c1-61-35-19-23(20-36(62-2)45(35)65-5)41-25-7-11-29(49-25)43(53-33(47(57)58)15-17-39(53)55)31-13-9-27(51-31)42(24-21-37(63-3)46(66-6)38(22-24)64-4)28-10-14-32(52-28)44(30-12-8-26(41)50-30)54-34(48(59)60)16-18-40(54)56/h7-14,19-22,33-34,49,52H,15-18H2,1-6H3,(H,57,58)(H,59,60)/t33-,34-/m0/s1. The number of amides is 2. The van der Waals surface area contributed by atoms with Gasteiger partial charge in [-0.15, -0.1) is 0 Å². The number of fused-ring (bicyclic) bond motifs is 8. The second-order valence-electron chi connectivity index (χ2n) is 15.6. The topological polar surface area (TPSA) is 228 Å². The summed E-state index contributed by atoms with van der Waals surface area (Å²) >= 11 is 0. The highest BCUT2D eigenvalue weighted by Gasteiger charge is 2.41. The molecule has 0 saturated carbocycles. The summed E-state index contributed by atoms with van der Waals surface area (Å²) in [4.78, 5) is 73.2. The first-order valence-electron chi connectivity index (χ1n) is 20.8. The van der Waals surface area contributed by atoms with Crippen molar-refractivity contribution in [3.63, 3.8) is 0 Å². The van der Waals surface area contributed by atoms with Gasteiger partial charge in [-0.25, -0.2) is 19.6 Å². The van der Waals surface area contributed by atoms with Crippen LogP contribution in [-0.2, 0) is 19.2 Å². The number of aromatic amines is 2. The third-order valence-corrected chi connectivity index (χ3v) is 12.1. The van der Waals surface area contributed by atoms with Crippen molar-refractivity contribution in [3.8, 4) is 56.8 Å². The van der Waals surface area contributed by atoms with E-state index in [9.17, 15) is 29.4 Å². The third-order valence-electron chi connectivity index (χ3n) is 12.1. The van der Waals surface area contributed by atoms with Crippen molar-refractivity contribution in [2.24, 2.45) is 0 Å². The Morgan fingerprint density at radius 3 is 1.18 bits per heavy atom. The Balaban J connectivity index is 1.49. The van der Waals surface area contributed by atoms with E-state index in [0.717, 1.165) is 0 Å². The predicted octanol–water partition coefficient (Wildman–Crippen LogP) is 7.20. The van der Waals surface area contributed by atoms with E-state index in [2.05, 4.69) is 9.97 Å². The molecule has 0 unspecified atom stereocenters. The van der Waals surface area contributed by atoms with Crippen LogP contribution >= 0.6 is 0 Å². The van der Waals surface area contributed by atoms with Crippen LogP contribution in [0, 0.1) is 0 Å². The number of rotatable bonds is 12. The van der Waals surface area contributed by atoms with Gasteiger partial charge in [0.1, 0.15) is 12.1 Å². The predicted molar refractivity (Wildman–Crippen MR) is 245 cm³/mol. The van der Waals surface area contributed by atoms with Crippen LogP contribution in [0.1, 0.15) is 48.5 Å². The Morgan fingerprint density at radius 2 is 0.864 bits per heavy atom. The number of carboxylic acids is 2. The van der Waals surface area contributed by atoms with Gasteiger partial charge in [-0.2, -0.15) is 0 Å². The molecule has 4 aliphatic rings. The van der Waals surface area contributed by atoms with E-state index >= 15 is 0 Å². The average Bonchev–Trinajstić information content (AvgIpc) is 4.19. The quantitative estimate of drug-likeness (QED) is 0.0951. The summed E-state index contributed by atoms with van der Waals surface area (Å²) in [5.74, 6) is -1.08. The summed E-state index contributed by atoms with van der Waals surface area (Å²) in [6.45, 7) is 0. The molecule has 66 heavy (non-hydrogen) atoms. The second kappa shape index (κ2) is 17.0. The number of carbonyl (C=O) groups excluding carboxylic acids is 2. The lowest BCUT2D eigenvalue weighted by Crippen LogP contribution is -2.39. The molecular formula is C48H44N6O12. The molecule has 2 atom stereocenters. The van der Waals surface area contributed by atoms with Crippen molar-refractivity contribution in [1.29, 1.82) is 0 Å². The Hall–Kier alpha value is -8.28. The zero-order valence-electron chi connectivity index (χ0n) is 36.7. The lowest BCUT2D eigenvalue weighted by atomic mass is 10.0. The smallest absolute Gasteiger partial charge is 0.326 e. The molecule has 8 bridgehead atoms. The molecule has 2 saturated heterocycles. The minimum absolute atomic E-state index is 0.000221. The van der Waals surface area contributed by atoms with Crippen molar-refractivity contribution in [2.45, 2.75) is 37.8 Å². The van der Waals surface area contributed by atoms with E-state index in [0.29, 0.717) is 90.2 Å². The van der Waals surface area contributed by atoms with Gasteiger partial charge in [-0.3, -0.25) is 19.4 Å². The van der Waals surface area contributed by atoms with Crippen molar-refractivity contribution in [3.05, 3.63) is 71.3 Å². The number of benzene rings is 2. The van der Waals surface area contributed by atoms with E-state index in [4.69, 9.17) is 38.4 Å². The fraction of sp³-hybridized carbons (Fsp3) is 0.250. The summed E-state index contributed by atoms with van der Waals surface area (Å²) in [5.41, 5.74) is 5.62. The molecule has 3 aromatic heterocycles. The molecule has 4 aliphatic heterocycles. The summed E-state index contributed by atoms with van der Waals surface area (Å²) in [6.07, 6.45) is 7.08. The van der Waals surface area contributed by atoms with E-state index < -0.39 is 35.8 Å². The zero-order chi connectivity index (χ0) is 46.6. The van der Waals surface area contributed by atoms with Crippen LogP contribution < -0.4 is 38.2 Å². The van der Waals surface area contributed by atoms with Crippen LogP contribution in [0.25, 0.3) is 68.6 Å². The Morgan fingerprint density at radius 1 is 0.530 bits per heavy atom. The number of methoxy groups -OCH3 is 6. The van der Waals surface area contributed by atoms with Gasteiger partial charge in [0, 0.05) is 35.0 Å². The number of anilines is 2. The maximum absolute atomic E-state index is 13.9. The fourth-order valence-corrected chi connectivity index (χ4v) is 9.14. The Bertz CT molecular complexity index is 2860. The Labute approximate surface area is 376 Å². The van der Waals surface area contributed by atoms with Crippen LogP contribution in [0.5, 0.6) is 34.5 Å². The van der Waals surface area contributed by atoms with Crippen molar-refractivity contribution in [2.75, 3.05) is 52.5 Å². The summed E-state index contributed by atoms with van der Waals surface area (Å²) < 4.78 is 34.3. The first-order valence-corrected chi connectivity index (χ1v) is 20.8. The number of aliphatic carboxylic acids is 2. The number of nitrogens with zero attached hydrogens (tertiary/aromatic N) is 4. The van der Waals surface area contributed by atoms with Crippen LogP contribution in [0.3, 0.4) is 0 Å². The van der Waals surface area contributed by atoms with Crippen LogP contribution in [-0.4, -0.2) is 109 Å². The van der Waals surface area contributed by atoms with Crippen molar-refractivity contribution >= 4 is 81.5 Å². The van der Waals surface area contributed by atoms with Gasteiger partial charge in [0.25, 0.3) is 0 Å². The zero-order valence-corrected chi connectivity index (χ0v) is 36.7. The molecule has 5 aromatic rings. The molecule has 2 amide bonds. The molecule has 2 fully saturated rings. The minimum Gasteiger partial charge on any atom is -0.493 e. The number of nitrogens with one attached hydrogen (secondary N) is 2. The van der Waals surface area contributed by atoms with Gasteiger partial charge < -0.3 is 48.6 Å². The first-order chi connectivity index (χ1) is 31.9. The number of ether oxygens (including phenoxy) is 6. The number of hydrogen-bond donors (Lipinski definition) is 4. The molecule has 7 heterocycles. The summed E-state index contributed by atoms with van der Waals surface area (Å²) in [5, 5.41) is 20.9. The average molecular weight is 897 g/mol. The number of aromatic nitrogens is 4. The van der Waals surface area contributed by atoms with Crippen LogP contribution in [0.2, 0.25) is 0 Å². The maximum atomic E-state index is 13.9. The normalized spacial score (nSPS) is 16.5. The first kappa shape index (κ1) is 43.0. The SMILES string of the molecule is COc1cc(-c2c3nc(c(N4C(=O)CC[C@H]4C(=O)O)c4ccc([nH]4)c(-c4cc(OC)c(OC)c(OC)c4)c4nc(c(N5C(=O)CC[C@H]5C(=O)O)c5ccc2[nH]5)C=C4)C=C3)cc(OC)c1OC. The largest absolute Gasteiger partial charge is 0.493 e. The molecule has 9 rings (SSSR count). The molecule has 18 heteroatoms. The van der Waals surface area contributed by atoms with Gasteiger partial charge in [0.05, 0.1) is 87.8 Å². The van der Waals surface area contributed by atoms with Crippen LogP contribution in [0.4, 0.5) is 11.4 Å². The van der Waals surface area contributed by atoms with Gasteiger partial charge in [0.15, 0.2) is 23.0 Å². The molecule has 2 aromatic carbocycles. The van der Waals surface area contributed by atoms with Gasteiger partial charge >= 0.3 is 11.9 Å². The molecule has 0 spiro atoms.